The Morgan fingerprint density at radius 2 is 2.05 bits per heavy atom. The Bertz CT molecular complexity index is 1610. The highest BCUT2D eigenvalue weighted by atomic mass is 35.5. The Balaban J connectivity index is 1.45. The molecular weight excluding hydrogens is 578 g/mol. The number of carbonyl (C=O) groups is 1. The first-order valence-electron chi connectivity index (χ1n) is 14.6. The van der Waals surface area contributed by atoms with Crippen molar-refractivity contribution in [2.75, 3.05) is 48.8 Å². The van der Waals surface area contributed by atoms with Crippen molar-refractivity contribution in [2.45, 2.75) is 57.7 Å². The third-order valence-electron chi connectivity index (χ3n) is 9.10. The zero-order valence-corrected chi connectivity index (χ0v) is 27.7. The van der Waals surface area contributed by atoms with E-state index >= 15 is 0 Å². The first-order chi connectivity index (χ1) is 20.2. The Kier molecular flexibility index (Phi) is 8.20. The van der Waals surface area contributed by atoms with E-state index < -0.39 is 8.32 Å². The zero-order valence-electron chi connectivity index (χ0n) is 26.0. The monoisotopic (exact) mass is 617 g/mol. The second-order valence-corrected chi connectivity index (χ2v) is 18.5. The van der Waals surface area contributed by atoms with E-state index in [-0.39, 0.29) is 22.9 Å². The van der Waals surface area contributed by atoms with Crippen molar-refractivity contribution in [1.29, 1.82) is 5.26 Å². The van der Waals surface area contributed by atoms with Crippen molar-refractivity contribution in [1.82, 2.24) is 15.3 Å². The van der Waals surface area contributed by atoms with Gasteiger partial charge in [-0.2, -0.15) is 5.26 Å². The van der Waals surface area contributed by atoms with Gasteiger partial charge in [-0.25, -0.2) is 9.97 Å². The number of rotatable bonds is 8. The normalized spacial score (nSPS) is 17.6. The number of likely N-dealkylation sites (N-methyl/N-ethyl adjacent to an activating group) is 1. The largest absolute Gasteiger partial charge is 0.416 e. The molecule has 3 aromatic rings. The summed E-state index contributed by atoms with van der Waals surface area (Å²) in [5.41, 5.74) is 6.59. The summed E-state index contributed by atoms with van der Waals surface area (Å²) >= 11 is 6.50. The lowest BCUT2D eigenvalue weighted by molar-refractivity contribution is -0.119. The quantitative estimate of drug-likeness (QED) is 0.255. The molecule has 0 saturated heterocycles. The van der Waals surface area contributed by atoms with E-state index in [2.05, 4.69) is 73.9 Å². The van der Waals surface area contributed by atoms with Crippen molar-refractivity contribution in [3.8, 4) is 17.3 Å². The van der Waals surface area contributed by atoms with Gasteiger partial charge in [0.15, 0.2) is 8.32 Å². The third kappa shape index (κ3) is 6.07. The summed E-state index contributed by atoms with van der Waals surface area (Å²) in [6, 6.07) is 12.0. The van der Waals surface area contributed by atoms with Gasteiger partial charge in [-0.3, -0.25) is 4.79 Å². The molecule has 1 amide bonds. The predicted octanol–water partition coefficient (Wildman–Crippen LogP) is 6.23. The maximum Gasteiger partial charge on any atom is 0.239 e. The first kappa shape index (κ1) is 30.8. The van der Waals surface area contributed by atoms with Crippen molar-refractivity contribution >= 4 is 48.8 Å². The van der Waals surface area contributed by atoms with Crippen LogP contribution in [0.2, 0.25) is 23.2 Å². The molecule has 1 unspecified atom stereocenters. The summed E-state index contributed by atoms with van der Waals surface area (Å²) in [5, 5.41) is 20.3. The molecule has 0 fully saturated rings. The van der Waals surface area contributed by atoms with Crippen LogP contribution in [0.1, 0.15) is 44.4 Å². The minimum absolute atomic E-state index is 0.0534. The molecule has 1 atom stereocenters. The second-order valence-electron chi connectivity index (χ2n) is 13.2. The Morgan fingerprint density at radius 3 is 2.74 bits per heavy atom. The third-order valence-corrected chi connectivity index (χ3v) is 13.8. The summed E-state index contributed by atoms with van der Waals surface area (Å²) in [4.78, 5) is 23.4. The van der Waals surface area contributed by atoms with Crippen LogP contribution in [0.25, 0.3) is 11.3 Å². The van der Waals surface area contributed by atoms with E-state index in [0.29, 0.717) is 35.4 Å². The summed E-state index contributed by atoms with van der Waals surface area (Å²) in [7, 11) is -0.331. The molecule has 9 nitrogen and oxygen atoms in total. The average Bonchev–Trinajstić information content (AvgIpc) is 3.52. The van der Waals surface area contributed by atoms with Crippen LogP contribution < -0.4 is 20.9 Å². The molecule has 43 heavy (non-hydrogen) atoms. The summed E-state index contributed by atoms with van der Waals surface area (Å²) in [6.45, 7) is 15.7. The Morgan fingerprint density at radius 1 is 1.28 bits per heavy atom. The molecule has 2 aliphatic rings. The molecule has 0 saturated carbocycles. The van der Waals surface area contributed by atoms with Gasteiger partial charge in [0.1, 0.15) is 6.07 Å². The number of benzene rings is 2. The van der Waals surface area contributed by atoms with Crippen LogP contribution in [0.4, 0.5) is 23.0 Å². The molecule has 0 radical (unpaired) electrons. The fourth-order valence-electron chi connectivity index (χ4n) is 5.37. The van der Waals surface area contributed by atoms with Gasteiger partial charge in [-0.1, -0.05) is 39.3 Å². The van der Waals surface area contributed by atoms with Gasteiger partial charge in [0.05, 0.1) is 23.5 Å². The number of fused-ring (bicyclic) bond motifs is 2. The van der Waals surface area contributed by atoms with Crippen LogP contribution in [0, 0.1) is 11.3 Å². The molecule has 2 aromatic carbocycles. The van der Waals surface area contributed by atoms with Gasteiger partial charge >= 0.3 is 0 Å². The number of aromatic nitrogens is 2. The van der Waals surface area contributed by atoms with E-state index in [1.165, 1.54) is 0 Å². The van der Waals surface area contributed by atoms with E-state index in [1.54, 1.807) is 13.2 Å². The van der Waals surface area contributed by atoms with Crippen molar-refractivity contribution in [3.63, 3.8) is 0 Å². The average molecular weight is 618 g/mol. The maximum absolute atomic E-state index is 12.0. The fourth-order valence-corrected chi connectivity index (χ4v) is 6.70. The molecule has 0 spiro atoms. The van der Waals surface area contributed by atoms with Gasteiger partial charge in [-0.05, 0) is 60.4 Å². The highest BCUT2D eigenvalue weighted by molar-refractivity contribution is 6.74. The van der Waals surface area contributed by atoms with Gasteiger partial charge in [0.2, 0.25) is 11.9 Å². The van der Waals surface area contributed by atoms with Gasteiger partial charge in [-0.15, -0.1) is 0 Å². The molecule has 1 aromatic heterocycles. The van der Waals surface area contributed by atoms with Crippen LogP contribution in [0.15, 0.2) is 36.5 Å². The number of nitrogens with one attached hydrogen (secondary N) is 3. The predicted molar refractivity (Wildman–Crippen MR) is 176 cm³/mol. The first-order valence-corrected chi connectivity index (χ1v) is 17.9. The Hall–Kier alpha value is -3.65. The molecule has 3 heterocycles. The molecule has 226 valence electrons. The standard InChI is InChI=1S/C32H40ClN7O2Si/c1-31(2,3)43(6,7)42-19-32(4)18-37-29-21(16-34)12-20(13-24(29)32)25-8-10-36-30(38-25)39-26-14-22(33)15-27-23(26)9-11-40(27)17-28(41)35-5/h8,10,12-15,37H,9,11,17-19H2,1-7H3,(H,35,41)(H,36,38,39). The molecule has 11 heteroatoms. The lowest BCUT2D eigenvalue weighted by Crippen LogP contribution is -2.45. The molecule has 0 aliphatic carbocycles. The molecule has 0 bridgehead atoms. The zero-order chi connectivity index (χ0) is 31.2. The Labute approximate surface area is 260 Å². The van der Waals surface area contributed by atoms with Crippen LogP contribution in [0.5, 0.6) is 0 Å². The van der Waals surface area contributed by atoms with Crippen LogP contribution in [0.3, 0.4) is 0 Å². The summed E-state index contributed by atoms with van der Waals surface area (Å²) in [5.74, 6) is 0.371. The number of amides is 1. The lowest BCUT2D eigenvalue weighted by Gasteiger charge is -2.39. The maximum atomic E-state index is 12.0. The summed E-state index contributed by atoms with van der Waals surface area (Å²) < 4.78 is 6.67. The topological polar surface area (TPSA) is 115 Å². The molecule has 5 rings (SSSR count). The van der Waals surface area contributed by atoms with Crippen LogP contribution in [-0.4, -0.2) is 57.5 Å². The summed E-state index contributed by atoms with van der Waals surface area (Å²) in [6.07, 6.45) is 2.48. The number of hydrogen-bond donors (Lipinski definition) is 3. The van der Waals surface area contributed by atoms with E-state index in [4.69, 9.17) is 21.0 Å². The van der Waals surface area contributed by atoms with Crippen molar-refractivity contribution in [3.05, 3.63) is 58.2 Å². The number of nitriles is 1. The van der Waals surface area contributed by atoms with E-state index in [1.807, 2.05) is 29.2 Å². The van der Waals surface area contributed by atoms with Crippen LogP contribution >= 0.6 is 11.6 Å². The van der Waals surface area contributed by atoms with Gasteiger partial charge < -0.3 is 25.3 Å². The number of anilines is 4. The second kappa shape index (κ2) is 11.4. The molecule has 3 N–H and O–H groups in total. The van der Waals surface area contributed by atoms with Gasteiger partial charge in [0, 0.05) is 65.9 Å². The number of halogens is 1. The number of hydrogen-bond acceptors (Lipinski definition) is 8. The lowest BCUT2D eigenvalue weighted by atomic mass is 9.83. The smallest absolute Gasteiger partial charge is 0.239 e. The molecular formula is C32H40ClN7O2Si. The van der Waals surface area contributed by atoms with Crippen molar-refractivity contribution in [2.24, 2.45) is 0 Å². The highest BCUT2D eigenvalue weighted by Gasteiger charge is 2.42. The fraction of sp³-hybridized carbons (Fsp3) is 0.438. The van der Waals surface area contributed by atoms with Crippen molar-refractivity contribution < 1.29 is 9.22 Å². The minimum atomic E-state index is -1.96. The van der Waals surface area contributed by atoms with Crippen LogP contribution in [-0.2, 0) is 21.1 Å². The molecule has 2 aliphatic heterocycles. The number of nitrogens with zero attached hydrogens (tertiary/aromatic N) is 4. The van der Waals surface area contributed by atoms with E-state index in [9.17, 15) is 10.1 Å². The number of carbonyl (C=O) groups excluding carboxylic acids is 1. The SMILES string of the molecule is CNC(=O)CN1CCc2c(Nc3nccc(-c4cc(C#N)c5c(c4)C(C)(CO[Si](C)(C)C(C)(C)C)CN5)n3)cc(Cl)cc21. The van der Waals surface area contributed by atoms with E-state index in [0.717, 1.165) is 46.7 Å². The minimum Gasteiger partial charge on any atom is -0.416 e. The highest BCUT2D eigenvalue weighted by Crippen LogP contribution is 2.44. The van der Waals surface area contributed by atoms with Gasteiger partial charge in [0.25, 0.3) is 0 Å².